The van der Waals surface area contributed by atoms with Crippen molar-refractivity contribution in [3.63, 3.8) is 0 Å². The van der Waals surface area contributed by atoms with Gasteiger partial charge in [-0.1, -0.05) is 11.6 Å². The first-order chi connectivity index (χ1) is 9.71. The molecule has 1 aromatic carbocycles. The first-order valence-electron chi connectivity index (χ1n) is 6.92. The van der Waals surface area contributed by atoms with Crippen molar-refractivity contribution in [2.75, 3.05) is 13.1 Å². The van der Waals surface area contributed by atoms with Crippen molar-refractivity contribution in [3.05, 3.63) is 52.8 Å². The summed E-state index contributed by atoms with van der Waals surface area (Å²) in [7, 11) is 0. The maximum absolute atomic E-state index is 6.03. The summed E-state index contributed by atoms with van der Waals surface area (Å²) in [5.41, 5.74) is 1.93. The molecule has 20 heavy (non-hydrogen) atoms. The minimum Gasteiger partial charge on any atom is -0.456 e. The monoisotopic (exact) mass is 286 g/mol. The van der Waals surface area contributed by atoms with Gasteiger partial charge >= 0.3 is 0 Å². The van der Waals surface area contributed by atoms with Crippen LogP contribution in [0.3, 0.4) is 0 Å². The highest BCUT2D eigenvalue weighted by atomic mass is 35.5. The highest BCUT2D eigenvalue weighted by Gasteiger charge is 2.10. The number of benzene rings is 2. The Morgan fingerprint density at radius 2 is 1.80 bits per heavy atom. The lowest BCUT2D eigenvalue weighted by atomic mass is 10.1. The predicted molar refractivity (Wildman–Crippen MR) is 84.2 cm³/mol. The highest BCUT2D eigenvalue weighted by Crippen LogP contribution is 2.28. The molecular formula is C17H17ClNO+. The molecule has 0 saturated heterocycles. The Kier molecular flexibility index (Phi) is 3.49. The summed E-state index contributed by atoms with van der Waals surface area (Å²) in [5.74, 6) is 0.893. The first kappa shape index (κ1) is 13.2. The van der Waals surface area contributed by atoms with E-state index in [0.29, 0.717) is 5.02 Å². The van der Waals surface area contributed by atoms with Gasteiger partial charge in [-0.2, -0.15) is 0 Å². The minimum absolute atomic E-state index is 0.695. The van der Waals surface area contributed by atoms with Crippen LogP contribution in [0.2, 0.25) is 5.02 Å². The van der Waals surface area contributed by atoms with Gasteiger partial charge in [-0.05, 0) is 38.1 Å². The van der Waals surface area contributed by atoms with Gasteiger partial charge in [0, 0.05) is 28.1 Å². The van der Waals surface area contributed by atoms with Crippen LogP contribution in [0.5, 0.6) is 0 Å². The van der Waals surface area contributed by atoms with Crippen molar-refractivity contribution in [1.82, 2.24) is 4.58 Å². The molecule has 0 spiro atoms. The van der Waals surface area contributed by atoms with Gasteiger partial charge in [0.25, 0.3) is 0 Å². The molecule has 0 saturated carbocycles. The van der Waals surface area contributed by atoms with E-state index in [-0.39, 0.29) is 0 Å². The third-order valence-electron chi connectivity index (χ3n) is 3.63. The van der Waals surface area contributed by atoms with Crippen LogP contribution in [0.1, 0.15) is 13.8 Å². The minimum atomic E-state index is 0.695. The van der Waals surface area contributed by atoms with Crippen molar-refractivity contribution >= 4 is 22.6 Å². The van der Waals surface area contributed by atoms with E-state index >= 15 is 0 Å². The molecule has 0 aromatic heterocycles. The fraction of sp³-hybridized carbons (Fsp3) is 0.235. The molecule has 102 valence electrons. The van der Waals surface area contributed by atoms with Crippen LogP contribution < -0.4 is 9.93 Å². The van der Waals surface area contributed by atoms with Gasteiger partial charge < -0.3 is 4.42 Å². The summed E-state index contributed by atoms with van der Waals surface area (Å²) in [5, 5.41) is 2.95. The molecule has 2 aliphatic rings. The van der Waals surface area contributed by atoms with Crippen molar-refractivity contribution in [2.45, 2.75) is 13.8 Å². The Morgan fingerprint density at radius 1 is 1.00 bits per heavy atom. The standard InChI is InChI=1S/C17H17ClNO/c1-3-19(4-2)15-8-6-13-9-12-5-7-14(18)10-16(12)20-17(13)11-15/h5-11H,3-4H2,1-2H3/q+1. The molecule has 0 atom stereocenters. The second-order valence-electron chi connectivity index (χ2n) is 4.82. The van der Waals surface area contributed by atoms with Crippen LogP contribution in [-0.4, -0.2) is 13.1 Å². The number of halogens is 1. The van der Waals surface area contributed by atoms with Crippen molar-refractivity contribution < 1.29 is 4.42 Å². The summed E-state index contributed by atoms with van der Waals surface area (Å²) < 4.78 is 8.30. The van der Waals surface area contributed by atoms with Gasteiger partial charge in [0.2, 0.25) is 5.36 Å². The van der Waals surface area contributed by atoms with Crippen molar-refractivity contribution in [3.8, 4) is 11.3 Å². The summed E-state index contributed by atoms with van der Waals surface area (Å²) >= 11 is 6.03. The predicted octanol–water partition coefficient (Wildman–Crippen LogP) is 4.00. The largest absolute Gasteiger partial charge is 0.456 e. The lowest BCUT2D eigenvalue weighted by Crippen LogP contribution is -2.29. The van der Waals surface area contributed by atoms with Gasteiger partial charge in [-0.15, -0.1) is 0 Å². The van der Waals surface area contributed by atoms with E-state index in [1.807, 2.05) is 18.2 Å². The SMILES string of the molecule is CC[N+](CC)=c1ccc2cc3ccc(Cl)cc3oc-2c1. The Labute approximate surface area is 123 Å². The van der Waals surface area contributed by atoms with E-state index in [9.17, 15) is 0 Å². The molecule has 1 aliphatic heterocycles. The van der Waals surface area contributed by atoms with E-state index in [0.717, 1.165) is 35.4 Å². The topological polar surface area (TPSA) is 16.1 Å². The molecule has 1 heterocycles. The molecule has 1 aliphatic carbocycles. The third kappa shape index (κ3) is 2.32. The Bertz CT molecular complexity index is 798. The highest BCUT2D eigenvalue weighted by molar-refractivity contribution is 6.31. The average molecular weight is 287 g/mol. The van der Waals surface area contributed by atoms with E-state index < -0.39 is 0 Å². The Balaban J connectivity index is 2.32. The lowest BCUT2D eigenvalue weighted by Gasteiger charge is -2.07. The molecule has 0 bridgehead atoms. The Hall–Kier alpha value is -1.80. The van der Waals surface area contributed by atoms with Gasteiger partial charge in [0.1, 0.15) is 24.4 Å². The maximum atomic E-state index is 6.03. The van der Waals surface area contributed by atoms with Gasteiger partial charge in [-0.25, -0.2) is 4.58 Å². The molecular weight excluding hydrogens is 270 g/mol. The summed E-state index contributed by atoms with van der Waals surface area (Å²) in [6.07, 6.45) is 0. The van der Waals surface area contributed by atoms with Crippen LogP contribution in [-0.2, 0) is 0 Å². The molecule has 1 aromatic rings. The van der Waals surface area contributed by atoms with Crippen LogP contribution in [0, 0.1) is 0 Å². The molecule has 0 amide bonds. The van der Waals surface area contributed by atoms with E-state index in [1.54, 1.807) is 0 Å². The third-order valence-corrected chi connectivity index (χ3v) is 3.87. The Morgan fingerprint density at radius 3 is 2.55 bits per heavy atom. The lowest BCUT2D eigenvalue weighted by molar-refractivity contribution is 0.604. The molecule has 0 fully saturated rings. The van der Waals surface area contributed by atoms with Crippen LogP contribution >= 0.6 is 11.6 Å². The summed E-state index contributed by atoms with van der Waals surface area (Å²) in [6.45, 7) is 6.29. The molecule has 3 heteroatoms. The second kappa shape index (κ2) is 5.29. The number of hydrogen-bond acceptors (Lipinski definition) is 1. The van der Waals surface area contributed by atoms with Crippen LogP contribution in [0.4, 0.5) is 0 Å². The summed E-state index contributed by atoms with van der Waals surface area (Å²) in [6, 6.07) is 14.2. The van der Waals surface area contributed by atoms with Crippen LogP contribution in [0.25, 0.3) is 22.3 Å². The zero-order valence-corrected chi connectivity index (χ0v) is 12.4. The number of nitrogens with zero attached hydrogens (tertiary/aromatic N) is 1. The normalized spacial score (nSPS) is 11.2. The first-order valence-corrected chi connectivity index (χ1v) is 7.30. The molecule has 3 rings (SSSR count). The average Bonchev–Trinajstić information content (AvgIpc) is 2.46. The number of rotatable bonds is 2. The van der Waals surface area contributed by atoms with Gasteiger partial charge in [0.05, 0.1) is 6.07 Å². The van der Waals surface area contributed by atoms with Gasteiger partial charge in [-0.3, -0.25) is 0 Å². The zero-order chi connectivity index (χ0) is 14.1. The van der Waals surface area contributed by atoms with Crippen molar-refractivity contribution in [2.24, 2.45) is 0 Å². The zero-order valence-electron chi connectivity index (χ0n) is 11.7. The van der Waals surface area contributed by atoms with Crippen LogP contribution in [0.15, 0.2) is 46.9 Å². The second-order valence-corrected chi connectivity index (χ2v) is 5.26. The van der Waals surface area contributed by atoms with E-state index in [1.165, 1.54) is 5.36 Å². The van der Waals surface area contributed by atoms with Crippen molar-refractivity contribution in [1.29, 1.82) is 0 Å². The van der Waals surface area contributed by atoms with Gasteiger partial charge in [0.15, 0.2) is 0 Å². The molecule has 0 unspecified atom stereocenters. The molecule has 2 nitrogen and oxygen atoms in total. The fourth-order valence-electron chi connectivity index (χ4n) is 2.52. The fourth-order valence-corrected chi connectivity index (χ4v) is 2.68. The number of fused-ring (bicyclic) bond motifs is 2. The quantitative estimate of drug-likeness (QED) is 0.514. The van der Waals surface area contributed by atoms with E-state index in [2.05, 4.69) is 42.7 Å². The van der Waals surface area contributed by atoms with E-state index in [4.69, 9.17) is 16.0 Å². The summed E-state index contributed by atoms with van der Waals surface area (Å²) in [4.78, 5) is 0. The molecule has 0 radical (unpaired) electrons. The molecule has 0 N–H and O–H groups in total. The smallest absolute Gasteiger partial charge is 0.203 e. The maximum Gasteiger partial charge on any atom is 0.203 e. The number of hydrogen-bond donors (Lipinski definition) is 0.